The molecule has 0 saturated heterocycles. The van der Waals surface area contributed by atoms with Crippen molar-refractivity contribution >= 4 is 27.4 Å². The summed E-state index contributed by atoms with van der Waals surface area (Å²) in [6.45, 7) is 0. The van der Waals surface area contributed by atoms with Gasteiger partial charge in [0, 0.05) is 16.6 Å². The number of aryl methyl sites for hydroxylation is 1. The smallest absolute Gasteiger partial charge is 0.205 e. The van der Waals surface area contributed by atoms with Crippen molar-refractivity contribution < 1.29 is 0 Å². The fraction of sp³-hybridized carbons (Fsp3) is 0.286. The lowest BCUT2D eigenvalue weighted by Crippen LogP contribution is -2.17. The number of para-hydroxylation sites is 1. The molecule has 5 heteroatoms. The first-order valence-electron chi connectivity index (χ1n) is 6.54. The van der Waals surface area contributed by atoms with E-state index in [1.807, 2.05) is 0 Å². The number of fused-ring (bicyclic) bond motifs is 3. The molecule has 0 spiro atoms. The first-order valence-corrected chi connectivity index (χ1v) is 7.42. The topological polar surface area (TPSA) is 53.6 Å². The van der Waals surface area contributed by atoms with Crippen LogP contribution in [0.25, 0.3) is 10.9 Å². The van der Waals surface area contributed by atoms with Gasteiger partial charge in [-0.1, -0.05) is 29.5 Å². The van der Waals surface area contributed by atoms with Gasteiger partial charge in [-0.2, -0.15) is 0 Å². The van der Waals surface area contributed by atoms with Crippen LogP contribution >= 0.6 is 11.3 Å². The summed E-state index contributed by atoms with van der Waals surface area (Å²) in [6, 6.07) is 8.87. The van der Waals surface area contributed by atoms with E-state index >= 15 is 0 Å². The molecule has 0 saturated carbocycles. The maximum Gasteiger partial charge on any atom is 0.205 e. The summed E-state index contributed by atoms with van der Waals surface area (Å²) in [7, 11) is 0. The van der Waals surface area contributed by atoms with E-state index in [1.165, 1.54) is 28.6 Å². The Labute approximate surface area is 114 Å². The van der Waals surface area contributed by atoms with E-state index in [-0.39, 0.29) is 0 Å². The minimum Gasteiger partial charge on any atom is -0.356 e. The largest absolute Gasteiger partial charge is 0.356 e. The quantitative estimate of drug-likeness (QED) is 0.749. The van der Waals surface area contributed by atoms with E-state index in [2.05, 4.69) is 44.8 Å². The van der Waals surface area contributed by atoms with Gasteiger partial charge in [0.05, 0.1) is 6.04 Å². The molecular formula is C14H14N4S. The summed E-state index contributed by atoms with van der Waals surface area (Å²) in [5.41, 5.74) is 5.78. The van der Waals surface area contributed by atoms with E-state index in [1.54, 1.807) is 16.8 Å². The molecule has 4 rings (SSSR count). The Bertz CT molecular complexity index is 701. The standard InChI is InChI=1S/C14H14N4S/c1-2-6-11-9(4-1)10-5-3-7-12(13(10)16-11)17-14-18-15-8-19-14/h1-2,4,6,8,12,16H,3,5,7H2,(H,17,18). The summed E-state index contributed by atoms with van der Waals surface area (Å²) < 4.78 is 0. The van der Waals surface area contributed by atoms with Crippen LogP contribution < -0.4 is 5.32 Å². The van der Waals surface area contributed by atoms with Crippen molar-refractivity contribution in [1.29, 1.82) is 0 Å². The number of aromatic amines is 1. The molecule has 1 unspecified atom stereocenters. The van der Waals surface area contributed by atoms with E-state index < -0.39 is 0 Å². The molecule has 96 valence electrons. The summed E-state index contributed by atoms with van der Waals surface area (Å²) in [4.78, 5) is 3.57. The van der Waals surface area contributed by atoms with Crippen molar-refractivity contribution in [3.63, 3.8) is 0 Å². The van der Waals surface area contributed by atoms with Gasteiger partial charge in [-0.15, -0.1) is 10.2 Å². The molecule has 1 aromatic carbocycles. The molecule has 0 fully saturated rings. The summed E-state index contributed by atoms with van der Waals surface area (Å²) in [5.74, 6) is 0. The first kappa shape index (κ1) is 11.0. The van der Waals surface area contributed by atoms with Crippen LogP contribution in [0, 0.1) is 0 Å². The lowest BCUT2D eigenvalue weighted by atomic mass is 9.92. The maximum absolute atomic E-state index is 4.08. The van der Waals surface area contributed by atoms with Crippen LogP contribution in [0.1, 0.15) is 30.1 Å². The summed E-state index contributed by atoms with van der Waals surface area (Å²) in [6.07, 6.45) is 3.51. The van der Waals surface area contributed by atoms with Crippen LogP contribution in [0.3, 0.4) is 0 Å². The number of benzene rings is 1. The molecule has 4 nitrogen and oxygen atoms in total. The minimum absolute atomic E-state index is 0.323. The molecule has 0 bridgehead atoms. The van der Waals surface area contributed by atoms with Crippen molar-refractivity contribution in [2.24, 2.45) is 0 Å². The van der Waals surface area contributed by atoms with Crippen LogP contribution in [-0.2, 0) is 6.42 Å². The average molecular weight is 270 g/mol. The number of nitrogens with zero attached hydrogens (tertiary/aromatic N) is 2. The molecule has 2 aromatic heterocycles. The lowest BCUT2D eigenvalue weighted by Gasteiger charge is -2.23. The summed E-state index contributed by atoms with van der Waals surface area (Å²) >= 11 is 1.55. The van der Waals surface area contributed by atoms with E-state index in [9.17, 15) is 0 Å². The van der Waals surface area contributed by atoms with Crippen LogP contribution in [0.5, 0.6) is 0 Å². The van der Waals surface area contributed by atoms with Gasteiger partial charge in [-0.3, -0.25) is 0 Å². The zero-order valence-electron chi connectivity index (χ0n) is 10.4. The van der Waals surface area contributed by atoms with Gasteiger partial charge in [0.2, 0.25) is 5.13 Å². The van der Waals surface area contributed by atoms with E-state index in [0.29, 0.717) is 6.04 Å². The monoisotopic (exact) mass is 270 g/mol. The Balaban J connectivity index is 1.77. The lowest BCUT2D eigenvalue weighted by molar-refractivity contribution is 0.592. The molecule has 0 aliphatic heterocycles. The zero-order chi connectivity index (χ0) is 12.7. The maximum atomic E-state index is 4.08. The number of nitrogens with one attached hydrogen (secondary N) is 2. The number of aromatic nitrogens is 3. The Morgan fingerprint density at radius 3 is 3.16 bits per heavy atom. The van der Waals surface area contributed by atoms with Gasteiger partial charge in [-0.25, -0.2) is 0 Å². The molecule has 1 aliphatic rings. The van der Waals surface area contributed by atoms with E-state index in [4.69, 9.17) is 0 Å². The predicted molar refractivity (Wildman–Crippen MR) is 77.5 cm³/mol. The van der Waals surface area contributed by atoms with Crippen molar-refractivity contribution in [3.05, 3.63) is 41.0 Å². The van der Waals surface area contributed by atoms with Crippen molar-refractivity contribution in [2.45, 2.75) is 25.3 Å². The number of hydrogen-bond donors (Lipinski definition) is 2. The van der Waals surface area contributed by atoms with Crippen LogP contribution in [0.2, 0.25) is 0 Å². The second kappa shape index (κ2) is 4.35. The Morgan fingerprint density at radius 2 is 2.26 bits per heavy atom. The SMILES string of the molecule is c1ccc2c3c([nH]c2c1)C(Nc1nncs1)CCC3. The highest BCUT2D eigenvalue weighted by atomic mass is 32.1. The van der Waals surface area contributed by atoms with Crippen LogP contribution in [0.15, 0.2) is 29.8 Å². The van der Waals surface area contributed by atoms with Gasteiger partial charge in [0.15, 0.2) is 0 Å². The second-order valence-corrected chi connectivity index (χ2v) is 5.73. The molecule has 1 atom stereocenters. The van der Waals surface area contributed by atoms with Crippen molar-refractivity contribution in [2.75, 3.05) is 5.32 Å². The highest BCUT2D eigenvalue weighted by molar-refractivity contribution is 7.13. The molecule has 3 aromatic rings. The minimum atomic E-state index is 0.323. The normalized spacial score (nSPS) is 18.4. The molecular weight excluding hydrogens is 256 g/mol. The molecule has 0 radical (unpaired) electrons. The molecule has 19 heavy (non-hydrogen) atoms. The van der Waals surface area contributed by atoms with Gasteiger partial charge >= 0.3 is 0 Å². The first-order chi connectivity index (χ1) is 9.42. The fourth-order valence-electron chi connectivity index (χ4n) is 2.94. The number of hydrogen-bond acceptors (Lipinski definition) is 4. The van der Waals surface area contributed by atoms with Crippen LogP contribution in [0.4, 0.5) is 5.13 Å². The Kier molecular flexibility index (Phi) is 2.51. The third-order valence-corrected chi connectivity index (χ3v) is 4.39. The fourth-order valence-corrected chi connectivity index (χ4v) is 3.44. The molecule has 0 amide bonds. The number of anilines is 1. The highest BCUT2D eigenvalue weighted by Crippen LogP contribution is 2.36. The van der Waals surface area contributed by atoms with E-state index in [0.717, 1.165) is 18.0 Å². The number of rotatable bonds is 2. The van der Waals surface area contributed by atoms with Gasteiger partial charge in [-0.05, 0) is 30.9 Å². The average Bonchev–Trinajstić information content (AvgIpc) is 3.06. The van der Waals surface area contributed by atoms with Gasteiger partial charge in [0.1, 0.15) is 5.51 Å². The molecule has 1 aliphatic carbocycles. The summed E-state index contributed by atoms with van der Waals surface area (Å²) in [5, 5.41) is 13.7. The molecule has 2 heterocycles. The third-order valence-electron chi connectivity index (χ3n) is 3.77. The Morgan fingerprint density at radius 1 is 1.32 bits per heavy atom. The predicted octanol–water partition coefficient (Wildman–Crippen LogP) is 3.51. The molecule has 2 N–H and O–H groups in total. The third kappa shape index (κ3) is 1.81. The number of H-pyrrole nitrogens is 1. The highest BCUT2D eigenvalue weighted by Gasteiger charge is 2.24. The zero-order valence-corrected chi connectivity index (χ0v) is 11.2. The van der Waals surface area contributed by atoms with Gasteiger partial charge < -0.3 is 10.3 Å². The van der Waals surface area contributed by atoms with Crippen LogP contribution in [-0.4, -0.2) is 15.2 Å². The van der Waals surface area contributed by atoms with Gasteiger partial charge in [0.25, 0.3) is 0 Å². The van der Waals surface area contributed by atoms with Crippen molar-refractivity contribution in [1.82, 2.24) is 15.2 Å². The van der Waals surface area contributed by atoms with Crippen molar-refractivity contribution in [3.8, 4) is 0 Å². The second-order valence-electron chi connectivity index (χ2n) is 4.90. The Hall–Kier alpha value is -1.88.